The number of carboxylic acid groups (broad SMARTS) is 1. The number of carboxylic acids is 1. The Morgan fingerprint density at radius 2 is 1.79 bits per heavy atom. The number of carbonyl (C=O) groups is 3. The summed E-state index contributed by atoms with van der Waals surface area (Å²) in [4.78, 5) is 33.3. The number of hydrogen-bond acceptors (Lipinski definition) is 4. The van der Waals surface area contributed by atoms with Gasteiger partial charge >= 0.3 is 5.97 Å². The number of carbonyl (C=O) groups excluding carboxylic acids is 2. The van der Waals surface area contributed by atoms with E-state index in [0.29, 0.717) is 6.42 Å². The first-order valence-corrected chi connectivity index (χ1v) is 6.63. The molecule has 0 radical (unpaired) electrons. The molecule has 0 aromatic rings. The minimum atomic E-state index is -1.09. The smallest absolute Gasteiger partial charge is 0.326 e. The summed E-state index contributed by atoms with van der Waals surface area (Å²) < 4.78 is 0. The molecule has 0 aromatic heterocycles. The summed E-state index contributed by atoms with van der Waals surface area (Å²) in [5, 5.41) is 14.4. The fourth-order valence-electron chi connectivity index (χ4n) is 1.64. The summed E-state index contributed by atoms with van der Waals surface area (Å²) in [6, 6.07) is -0.964. The Kier molecular flexibility index (Phi) is 9.70. The second kappa shape index (κ2) is 10.5. The topological polar surface area (TPSA) is 95.5 Å². The van der Waals surface area contributed by atoms with E-state index in [-0.39, 0.29) is 24.5 Å². The molecule has 1 unspecified atom stereocenters. The summed E-state index contributed by atoms with van der Waals surface area (Å²) in [7, 11) is 1.87. The van der Waals surface area contributed by atoms with E-state index in [1.807, 2.05) is 7.05 Å². The van der Waals surface area contributed by atoms with E-state index in [1.54, 1.807) is 0 Å². The van der Waals surface area contributed by atoms with Crippen LogP contribution in [-0.4, -0.2) is 42.4 Å². The fourth-order valence-corrected chi connectivity index (χ4v) is 1.64. The third-order valence-electron chi connectivity index (χ3n) is 2.75. The first-order valence-electron chi connectivity index (χ1n) is 6.63. The Labute approximate surface area is 113 Å². The van der Waals surface area contributed by atoms with Gasteiger partial charge in [-0.25, -0.2) is 4.79 Å². The summed E-state index contributed by atoms with van der Waals surface area (Å²) >= 11 is 0. The van der Waals surface area contributed by atoms with E-state index in [9.17, 15) is 14.4 Å². The van der Waals surface area contributed by atoms with Crippen LogP contribution in [0.4, 0.5) is 0 Å². The minimum absolute atomic E-state index is 0.0763. The highest BCUT2D eigenvalue weighted by molar-refractivity contribution is 5.84. The fraction of sp³-hybridized carbons (Fsp3) is 0.769. The third kappa shape index (κ3) is 10.2. The van der Waals surface area contributed by atoms with Gasteiger partial charge in [-0.05, 0) is 39.8 Å². The summed E-state index contributed by atoms with van der Waals surface area (Å²) in [6.07, 6.45) is 3.31. The van der Waals surface area contributed by atoms with Crippen molar-refractivity contribution < 1.29 is 19.5 Å². The van der Waals surface area contributed by atoms with Gasteiger partial charge in [0.2, 0.25) is 5.91 Å². The molecule has 3 N–H and O–H groups in total. The minimum Gasteiger partial charge on any atom is -0.480 e. The predicted molar refractivity (Wildman–Crippen MR) is 71.9 cm³/mol. The number of nitrogens with one attached hydrogen (secondary N) is 2. The number of amides is 1. The van der Waals surface area contributed by atoms with Gasteiger partial charge in [-0.15, -0.1) is 0 Å². The van der Waals surface area contributed by atoms with E-state index in [1.165, 1.54) is 6.92 Å². The molecule has 19 heavy (non-hydrogen) atoms. The van der Waals surface area contributed by atoms with Crippen molar-refractivity contribution in [1.29, 1.82) is 0 Å². The molecule has 0 saturated heterocycles. The standard InChI is InChI=1S/C13H24N2O4/c1-10(16)7-8-11(13(18)19)15-12(17)6-4-3-5-9-14-2/h11,14H,3-9H2,1-2H3,(H,15,17)(H,18,19). The van der Waals surface area contributed by atoms with Crippen LogP contribution in [-0.2, 0) is 14.4 Å². The Balaban J connectivity index is 3.90. The van der Waals surface area contributed by atoms with Gasteiger partial charge < -0.3 is 20.5 Å². The highest BCUT2D eigenvalue weighted by atomic mass is 16.4. The number of ketones is 1. The average molecular weight is 272 g/mol. The second-order valence-corrected chi connectivity index (χ2v) is 4.61. The van der Waals surface area contributed by atoms with Crippen LogP contribution in [0.25, 0.3) is 0 Å². The molecule has 1 atom stereocenters. The van der Waals surface area contributed by atoms with Crippen LogP contribution in [0.5, 0.6) is 0 Å². The lowest BCUT2D eigenvalue weighted by Gasteiger charge is -2.13. The van der Waals surface area contributed by atoms with Gasteiger partial charge in [0.1, 0.15) is 11.8 Å². The maximum atomic E-state index is 11.6. The van der Waals surface area contributed by atoms with E-state index in [2.05, 4.69) is 10.6 Å². The Hall–Kier alpha value is -1.43. The lowest BCUT2D eigenvalue weighted by atomic mass is 10.1. The molecule has 0 aliphatic carbocycles. The highest BCUT2D eigenvalue weighted by Gasteiger charge is 2.19. The molecule has 0 fully saturated rings. The normalized spacial score (nSPS) is 11.9. The SMILES string of the molecule is CNCCCCCC(=O)NC(CCC(C)=O)C(=O)O. The molecule has 0 rings (SSSR count). The van der Waals surface area contributed by atoms with E-state index < -0.39 is 12.0 Å². The maximum absolute atomic E-state index is 11.6. The number of aliphatic carboxylic acids is 1. The molecule has 0 aliphatic heterocycles. The highest BCUT2D eigenvalue weighted by Crippen LogP contribution is 2.02. The monoisotopic (exact) mass is 272 g/mol. The summed E-state index contributed by atoms with van der Waals surface area (Å²) in [5.41, 5.74) is 0. The molecular weight excluding hydrogens is 248 g/mol. The summed E-state index contributed by atoms with van der Waals surface area (Å²) in [6.45, 7) is 2.32. The molecule has 1 amide bonds. The molecule has 110 valence electrons. The zero-order valence-electron chi connectivity index (χ0n) is 11.7. The lowest BCUT2D eigenvalue weighted by Crippen LogP contribution is -2.40. The van der Waals surface area contributed by atoms with Crippen LogP contribution in [0.3, 0.4) is 0 Å². The predicted octanol–water partition coefficient (Wildman–Crippen LogP) is 0.705. The molecule has 6 heteroatoms. The molecular formula is C13H24N2O4. The van der Waals surface area contributed by atoms with Crippen LogP contribution in [0.15, 0.2) is 0 Å². The van der Waals surface area contributed by atoms with Gasteiger partial charge in [0.05, 0.1) is 0 Å². The van der Waals surface area contributed by atoms with Gasteiger partial charge in [-0.1, -0.05) is 6.42 Å². The van der Waals surface area contributed by atoms with E-state index in [0.717, 1.165) is 25.8 Å². The van der Waals surface area contributed by atoms with Crippen LogP contribution in [0.2, 0.25) is 0 Å². The Morgan fingerprint density at radius 3 is 2.32 bits per heavy atom. The molecule has 0 bridgehead atoms. The molecule has 0 spiro atoms. The zero-order chi connectivity index (χ0) is 14.7. The molecule has 6 nitrogen and oxygen atoms in total. The van der Waals surface area contributed by atoms with Crippen LogP contribution in [0.1, 0.15) is 45.4 Å². The van der Waals surface area contributed by atoms with Gasteiger partial charge in [-0.3, -0.25) is 4.79 Å². The number of Topliss-reactive ketones (excluding diaryl/α,β-unsaturated/α-hetero) is 1. The molecule has 0 aliphatic rings. The number of rotatable bonds is 11. The van der Waals surface area contributed by atoms with E-state index >= 15 is 0 Å². The Bertz CT molecular complexity index is 305. The molecule has 0 saturated carbocycles. The molecule has 0 heterocycles. The van der Waals surface area contributed by atoms with Gasteiger partial charge in [0.25, 0.3) is 0 Å². The number of hydrogen-bond donors (Lipinski definition) is 3. The quantitative estimate of drug-likeness (QED) is 0.481. The van der Waals surface area contributed by atoms with Crippen LogP contribution < -0.4 is 10.6 Å². The largest absolute Gasteiger partial charge is 0.480 e. The lowest BCUT2D eigenvalue weighted by molar-refractivity contribution is -0.142. The Morgan fingerprint density at radius 1 is 1.11 bits per heavy atom. The average Bonchev–Trinajstić information content (AvgIpc) is 2.33. The first-order chi connectivity index (χ1) is 8.97. The summed E-state index contributed by atoms with van der Waals surface area (Å²) in [5.74, 6) is -1.43. The van der Waals surface area contributed by atoms with Crippen molar-refractivity contribution in [3.05, 3.63) is 0 Å². The van der Waals surface area contributed by atoms with Crippen molar-refractivity contribution >= 4 is 17.7 Å². The van der Waals surface area contributed by atoms with Crippen molar-refractivity contribution in [2.45, 2.75) is 51.5 Å². The van der Waals surface area contributed by atoms with Crippen molar-refractivity contribution in [3.63, 3.8) is 0 Å². The van der Waals surface area contributed by atoms with Crippen molar-refractivity contribution in [2.24, 2.45) is 0 Å². The van der Waals surface area contributed by atoms with Crippen molar-refractivity contribution in [3.8, 4) is 0 Å². The van der Waals surface area contributed by atoms with Gasteiger partial charge in [0, 0.05) is 12.8 Å². The molecule has 0 aromatic carbocycles. The van der Waals surface area contributed by atoms with Crippen LogP contribution in [0, 0.1) is 0 Å². The third-order valence-corrected chi connectivity index (χ3v) is 2.75. The van der Waals surface area contributed by atoms with Gasteiger partial charge in [0.15, 0.2) is 0 Å². The van der Waals surface area contributed by atoms with E-state index in [4.69, 9.17) is 5.11 Å². The zero-order valence-corrected chi connectivity index (χ0v) is 11.7. The first kappa shape index (κ1) is 17.6. The van der Waals surface area contributed by atoms with Crippen molar-refractivity contribution in [2.75, 3.05) is 13.6 Å². The second-order valence-electron chi connectivity index (χ2n) is 4.61. The number of unbranched alkanes of at least 4 members (excludes halogenated alkanes) is 2. The maximum Gasteiger partial charge on any atom is 0.326 e. The van der Waals surface area contributed by atoms with Crippen molar-refractivity contribution in [1.82, 2.24) is 10.6 Å². The van der Waals surface area contributed by atoms with Gasteiger partial charge in [-0.2, -0.15) is 0 Å². The van der Waals surface area contributed by atoms with Crippen LogP contribution >= 0.6 is 0 Å².